The molecule has 0 fully saturated rings. The highest BCUT2D eigenvalue weighted by molar-refractivity contribution is 5.91. The maximum absolute atomic E-state index is 11.7. The highest BCUT2D eigenvalue weighted by atomic mass is 16.5. The van der Waals surface area contributed by atoms with Gasteiger partial charge in [0.2, 0.25) is 0 Å². The summed E-state index contributed by atoms with van der Waals surface area (Å²) in [5.74, 6) is -0.288. The zero-order valence-corrected chi connectivity index (χ0v) is 11.3. The Hall–Kier alpha value is -2.49. The van der Waals surface area contributed by atoms with Crippen LogP contribution in [0.1, 0.15) is 22.8 Å². The predicted octanol–water partition coefficient (Wildman–Crippen LogP) is 3.18. The number of phenolic OH excluding ortho intramolecular Hbond substituents is 1. The van der Waals surface area contributed by atoms with Gasteiger partial charge >= 0.3 is 5.97 Å². The molecule has 0 aliphatic rings. The number of hydrogen-bond donors (Lipinski definition) is 2. The van der Waals surface area contributed by atoms with Crippen LogP contribution in [0.3, 0.4) is 0 Å². The summed E-state index contributed by atoms with van der Waals surface area (Å²) in [6.45, 7) is 2.65. The summed E-state index contributed by atoms with van der Waals surface area (Å²) in [7, 11) is 0. The van der Waals surface area contributed by atoms with Crippen LogP contribution in [-0.4, -0.2) is 17.7 Å². The summed E-state index contributed by atoms with van der Waals surface area (Å²) in [6.07, 6.45) is 0. The molecule has 0 atom stereocenters. The Morgan fingerprint density at radius 1 is 1.20 bits per heavy atom. The first-order valence-electron chi connectivity index (χ1n) is 6.48. The van der Waals surface area contributed by atoms with E-state index in [4.69, 9.17) is 4.74 Å². The average Bonchev–Trinajstić information content (AvgIpc) is 2.47. The first-order chi connectivity index (χ1) is 9.70. The monoisotopic (exact) mass is 271 g/mol. The standard InChI is InChI=1S/C16H17NO3/c1-2-20-16(19)13-8-9-15(18)14(10-13)17-11-12-6-4-3-5-7-12/h3-10,17-18H,2,11H2,1H3. The number of aromatic hydroxyl groups is 1. The zero-order chi connectivity index (χ0) is 14.4. The minimum Gasteiger partial charge on any atom is -0.506 e. The molecule has 0 bridgehead atoms. The van der Waals surface area contributed by atoms with Crippen molar-refractivity contribution in [1.82, 2.24) is 0 Å². The van der Waals surface area contributed by atoms with Crippen molar-refractivity contribution < 1.29 is 14.6 Å². The number of anilines is 1. The SMILES string of the molecule is CCOC(=O)c1ccc(O)c(NCc2ccccc2)c1. The van der Waals surface area contributed by atoms with Gasteiger partial charge in [0.15, 0.2) is 0 Å². The van der Waals surface area contributed by atoms with E-state index in [0.29, 0.717) is 24.4 Å². The predicted molar refractivity (Wildman–Crippen MR) is 77.8 cm³/mol. The number of nitrogens with one attached hydrogen (secondary N) is 1. The van der Waals surface area contributed by atoms with Crippen molar-refractivity contribution >= 4 is 11.7 Å². The Kier molecular flexibility index (Phi) is 4.60. The molecule has 2 aromatic rings. The highest BCUT2D eigenvalue weighted by Crippen LogP contribution is 2.25. The van der Waals surface area contributed by atoms with Gasteiger partial charge in [-0.15, -0.1) is 0 Å². The Morgan fingerprint density at radius 2 is 1.95 bits per heavy atom. The van der Waals surface area contributed by atoms with Gasteiger partial charge in [-0.1, -0.05) is 30.3 Å². The largest absolute Gasteiger partial charge is 0.506 e. The summed E-state index contributed by atoms with van der Waals surface area (Å²) < 4.78 is 4.94. The molecule has 0 aliphatic carbocycles. The molecule has 2 aromatic carbocycles. The lowest BCUT2D eigenvalue weighted by Gasteiger charge is -2.10. The second-order valence-corrected chi connectivity index (χ2v) is 4.29. The zero-order valence-electron chi connectivity index (χ0n) is 11.3. The normalized spacial score (nSPS) is 10.1. The van der Waals surface area contributed by atoms with Crippen LogP contribution in [-0.2, 0) is 11.3 Å². The maximum atomic E-state index is 11.7. The minimum atomic E-state index is -0.393. The number of esters is 1. The number of ether oxygens (including phenoxy) is 1. The minimum absolute atomic E-state index is 0.106. The fourth-order valence-electron chi connectivity index (χ4n) is 1.81. The Balaban J connectivity index is 2.10. The van der Waals surface area contributed by atoms with Gasteiger partial charge in [-0.3, -0.25) is 0 Å². The van der Waals surface area contributed by atoms with Gasteiger partial charge in [0, 0.05) is 6.54 Å². The van der Waals surface area contributed by atoms with Crippen molar-refractivity contribution in [2.75, 3.05) is 11.9 Å². The molecule has 0 unspecified atom stereocenters. The van der Waals surface area contributed by atoms with Gasteiger partial charge in [0.05, 0.1) is 17.9 Å². The molecule has 0 amide bonds. The van der Waals surface area contributed by atoms with Crippen molar-refractivity contribution in [3.05, 3.63) is 59.7 Å². The second kappa shape index (κ2) is 6.61. The molecular weight excluding hydrogens is 254 g/mol. The van der Waals surface area contributed by atoms with Crippen molar-refractivity contribution in [3.63, 3.8) is 0 Å². The fraction of sp³-hybridized carbons (Fsp3) is 0.188. The Bertz CT molecular complexity index is 582. The van der Waals surface area contributed by atoms with E-state index in [-0.39, 0.29) is 5.75 Å². The molecule has 2 N–H and O–H groups in total. The van der Waals surface area contributed by atoms with Crippen molar-refractivity contribution in [3.8, 4) is 5.75 Å². The summed E-state index contributed by atoms with van der Waals surface area (Å²) in [6, 6.07) is 14.4. The third-order valence-electron chi connectivity index (χ3n) is 2.83. The smallest absolute Gasteiger partial charge is 0.338 e. The Labute approximate surface area is 118 Å². The number of benzene rings is 2. The molecule has 20 heavy (non-hydrogen) atoms. The highest BCUT2D eigenvalue weighted by Gasteiger charge is 2.09. The molecule has 4 heteroatoms. The lowest BCUT2D eigenvalue weighted by Crippen LogP contribution is -2.06. The molecule has 0 aliphatic heterocycles. The number of carbonyl (C=O) groups is 1. The summed E-state index contributed by atoms with van der Waals surface area (Å²) in [4.78, 5) is 11.7. The van der Waals surface area contributed by atoms with Crippen LogP contribution in [0, 0.1) is 0 Å². The quantitative estimate of drug-likeness (QED) is 0.647. The number of phenols is 1. The van der Waals surface area contributed by atoms with Gasteiger partial charge in [-0.2, -0.15) is 0 Å². The van der Waals surface area contributed by atoms with Gasteiger partial charge in [-0.05, 0) is 30.7 Å². The van der Waals surface area contributed by atoms with E-state index in [1.54, 1.807) is 19.1 Å². The van der Waals surface area contributed by atoms with Crippen LogP contribution in [0.5, 0.6) is 5.75 Å². The number of hydrogen-bond acceptors (Lipinski definition) is 4. The van der Waals surface area contributed by atoms with Gasteiger partial charge in [0.25, 0.3) is 0 Å². The molecule has 0 saturated carbocycles. The summed E-state index contributed by atoms with van der Waals surface area (Å²) >= 11 is 0. The Morgan fingerprint density at radius 3 is 2.65 bits per heavy atom. The maximum Gasteiger partial charge on any atom is 0.338 e. The van der Waals surface area contributed by atoms with E-state index in [1.165, 1.54) is 6.07 Å². The molecule has 0 saturated heterocycles. The van der Waals surface area contributed by atoms with E-state index >= 15 is 0 Å². The first-order valence-corrected chi connectivity index (χ1v) is 6.48. The van der Waals surface area contributed by atoms with Crippen LogP contribution in [0.2, 0.25) is 0 Å². The van der Waals surface area contributed by atoms with Crippen LogP contribution in [0.15, 0.2) is 48.5 Å². The van der Waals surface area contributed by atoms with Crippen molar-refractivity contribution in [2.45, 2.75) is 13.5 Å². The third kappa shape index (κ3) is 3.51. The molecule has 0 spiro atoms. The number of carbonyl (C=O) groups excluding carboxylic acids is 1. The van der Waals surface area contributed by atoms with E-state index in [2.05, 4.69) is 5.32 Å². The molecule has 2 rings (SSSR count). The van der Waals surface area contributed by atoms with E-state index in [0.717, 1.165) is 5.56 Å². The summed E-state index contributed by atoms with van der Waals surface area (Å²) in [5, 5.41) is 12.9. The number of rotatable bonds is 5. The molecule has 104 valence electrons. The van der Waals surface area contributed by atoms with Crippen LogP contribution < -0.4 is 5.32 Å². The topological polar surface area (TPSA) is 58.6 Å². The summed E-state index contributed by atoms with van der Waals surface area (Å²) in [5.41, 5.74) is 2.02. The van der Waals surface area contributed by atoms with Crippen molar-refractivity contribution in [2.24, 2.45) is 0 Å². The molecule has 4 nitrogen and oxygen atoms in total. The van der Waals surface area contributed by atoms with E-state index in [1.807, 2.05) is 30.3 Å². The lowest BCUT2D eigenvalue weighted by atomic mass is 10.1. The molecule has 0 aromatic heterocycles. The first kappa shape index (κ1) is 13.9. The molecular formula is C16H17NO3. The van der Waals surface area contributed by atoms with E-state index < -0.39 is 5.97 Å². The second-order valence-electron chi connectivity index (χ2n) is 4.29. The lowest BCUT2D eigenvalue weighted by molar-refractivity contribution is 0.0526. The van der Waals surface area contributed by atoms with Crippen LogP contribution in [0.4, 0.5) is 5.69 Å². The average molecular weight is 271 g/mol. The van der Waals surface area contributed by atoms with Crippen molar-refractivity contribution in [1.29, 1.82) is 0 Å². The molecule has 0 radical (unpaired) electrons. The van der Waals surface area contributed by atoms with Gasteiger partial charge in [0.1, 0.15) is 5.75 Å². The van der Waals surface area contributed by atoms with Gasteiger partial charge < -0.3 is 15.2 Å². The van der Waals surface area contributed by atoms with Crippen LogP contribution >= 0.6 is 0 Å². The molecule has 0 heterocycles. The van der Waals surface area contributed by atoms with E-state index in [9.17, 15) is 9.90 Å². The van der Waals surface area contributed by atoms with Gasteiger partial charge in [-0.25, -0.2) is 4.79 Å². The fourth-order valence-corrected chi connectivity index (χ4v) is 1.81. The third-order valence-corrected chi connectivity index (χ3v) is 2.83. The van der Waals surface area contributed by atoms with Crippen LogP contribution in [0.25, 0.3) is 0 Å².